The van der Waals surface area contributed by atoms with Crippen molar-refractivity contribution in [1.82, 2.24) is 9.66 Å². The van der Waals surface area contributed by atoms with E-state index >= 15 is 0 Å². The van der Waals surface area contributed by atoms with Crippen LogP contribution in [0.2, 0.25) is 10.0 Å². The predicted octanol–water partition coefficient (Wildman–Crippen LogP) is 4.68. The lowest BCUT2D eigenvalue weighted by Gasteiger charge is -2.30. The molecular formula is C15H18Cl2N4. The topological polar surface area (TPSA) is 33.4 Å². The van der Waals surface area contributed by atoms with Crippen molar-refractivity contribution in [3.63, 3.8) is 0 Å². The first-order chi connectivity index (χ1) is 10.0. The molecule has 0 radical (unpaired) electrons. The Hall–Kier alpha value is -1.52. The quantitative estimate of drug-likeness (QED) is 0.604. The van der Waals surface area contributed by atoms with Crippen LogP contribution in [-0.4, -0.2) is 21.5 Å². The van der Waals surface area contributed by atoms with Gasteiger partial charge in [-0.1, -0.05) is 30.1 Å². The van der Waals surface area contributed by atoms with Crippen molar-refractivity contribution < 1.29 is 0 Å². The van der Waals surface area contributed by atoms with E-state index < -0.39 is 0 Å². The van der Waals surface area contributed by atoms with Gasteiger partial charge in [-0.05, 0) is 32.0 Å². The molecule has 0 unspecified atom stereocenters. The summed E-state index contributed by atoms with van der Waals surface area (Å²) >= 11 is 12.3. The van der Waals surface area contributed by atoms with Crippen molar-refractivity contribution in [2.45, 2.75) is 33.2 Å². The number of halogens is 2. The molecule has 6 heteroatoms. The van der Waals surface area contributed by atoms with Gasteiger partial charge in [0.05, 0.1) is 10.7 Å². The summed E-state index contributed by atoms with van der Waals surface area (Å²) in [7, 11) is 0. The summed E-state index contributed by atoms with van der Waals surface area (Å²) in [6, 6.07) is 5.72. The maximum atomic E-state index is 6.35. The van der Waals surface area contributed by atoms with Crippen LogP contribution in [0.25, 0.3) is 0 Å². The largest absolute Gasteiger partial charge is 0.325 e. The maximum absolute atomic E-state index is 6.35. The Morgan fingerprint density at radius 2 is 2.14 bits per heavy atom. The number of benzene rings is 1. The summed E-state index contributed by atoms with van der Waals surface area (Å²) in [5.74, 6) is 0.909. The van der Waals surface area contributed by atoms with Crippen LogP contribution in [0.3, 0.4) is 0 Å². The third-order valence-corrected chi connectivity index (χ3v) is 3.54. The van der Waals surface area contributed by atoms with E-state index in [9.17, 15) is 0 Å². The van der Waals surface area contributed by atoms with Gasteiger partial charge in [-0.3, -0.25) is 0 Å². The van der Waals surface area contributed by atoms with Gasteiger partial charge in [0.1, 0.15) is 12.2 Å². The number of nitrogens with zero attached hydrogens (tertiary/aromatic N) is 4. The minimum Gasteiger partial charge on any atom is -0.325 e. The van der Waals surface area contributed by atoms with Crippen LogP contribution < -0.4 is 4.90 Å². The van der Waals surface area contributed by atoms with E-state index in [2.05, 4.69) is 35.8 Å². The van der Waals surface area contributed by atoms with Gasteiger partial charge < -0.3 is 4.90 Å². The highest BCUT2D eigenvalue weighted by molar-refractivity contribution is 6.36. The second kappa shape index (κ2) is 6.96. The molecule has 2 aromatic rings. The zero-order valence-electron chi connectivity index (χ0n) is 12.3. The van der Waals surface area contributed by atoms with Gasteiger partial charge in [-0.25, -0.2) is 9.66 Å². The number of aromatic nitrogens is 2. The number of anilines is 1. The first-order valence-electron chi connectivity index (χ1n) is 6.83. The Balaban J connectivity index is 2.46. The molecule has 2 rings (SSSR count). The van der Waals surface area contributed by atoms with E-state index in [1.54, 1.807) is 29.5 Å². The van der Waals surface area contributed by atoms with Crippen molar-refractivity contribution >= 4 is 34.7 Å². The first kappa shape index (κ1) is 15.9. The molecule has 0 aliphatic carbocycles. The van der Waals surface area contributed by atoms with Gasteiger partial charge in [-0.15, -0.1) is 0 Å². The Bertz CT molecular complexity index is 621. The van der Waals surface area contributed by atoms with Crippen LogP contribution in [0.1, 0.15) is 27.2 Å². The highest BCUT2D eigenvalue weighted by Gasteiger charge is 2.19. The molecule has 0 saturated heterocycles. The summed E-state index contributed by atoms with van der Waals surface area (Å²) in [5, 5.41) is 5.84. The Labute approximate surface area is 135 Å². The molecule has 0 spiro atoms. The molecule has 0 atom stereocenters. The number of amidine groups is 1. The van der Waals surface area contributed by atoms with Crippen molar-refractivity contribution in [3.8, 4) is 0 Å². The fraction of sp³-hybridized carbons (Fsp3) is 0.333. The molecule has 0 amide bonds. The Morgan fingerprint density at radius 1 is 1.38 bits per heavy atom. The van der Waals surface area contributed by atoms with Crippen LogP contribution in [-0.2, 0) is 0 Å². The minimum atomic E-state index is 0.214. The first-order valence-corrected chi connectivity index (χ1v) is 7.58. The summed E-state index contributed by atoms with van der Waals surface area (Å²) in [6.45, 7) is 6.27. The predicted molar refractivity (Wildman–Crippen MR) is 89.4 cm³/mol. The van der Waals surface area contributed by atoms with Gasteiger partial charge in [0, 0.05) is 29.9 Å². The number of imidazole rings is 1. The molecule has 0 N–H and O–H groups in total. The number of rotatable bonds is 4. The summed E-state index contributed by atoms with van der Waals surface area (Å²) < 4.78 is 1.69. The Kier molecular flexibility index (Phi) is 5.26. The second-order valence-corrected chi connectivity index (χ2v) is 5.72. The second-order valence-electron chi connectivity index (χ2n) is 4.87. The smallest absolute Gasteiger partial charge is 0.130 e. The molecule has 0 saturated carbocycles. The van der Waals surface area contributed by atoms with Crippen LogP contribution in [0.4, 0.5) is 5.69 Å². The highest BCUT2D eigenvalue weighted by Crippen LogP contribution is 2.31. The van der Waals surface area contributed by atoms with Crippen molar-refractivity contribution in [2.24, 2.45) is 5.10 Å². The maximum Gasteiger partial charge on any atom is 0.130 e. The van der Waals surface area contributed by atoms with E-state index in [1.807, 2.05) is 12.1 Å². The van der Waals surface area contributed by atoms with Crippen LogP contribution in [0.5, 0.6) is 0 Å². The molecule has 0 bridgehead atoms. The average Bonchev–Trinajstić information content (AvgIpc) is 2.92. The van der Waals surface area contributed by atoms with E-state index in [-0.39, 0.29) is 6.04 Å². The van der Waals surface area contributed by atoms with Crippen molar-refractivity contribution in [1.29, 1.82) is 0 Å². The monoisotopic (exact) mass is 324 g/mol. The zero-order chi connectivity index (χ0) is 15.4. The highest BCUT2D eigenvalue weighted by atomic mass is 35.5. The molecule has 112 valence electrons. The summed E-state index contributed by atoms with van der Waals surface area (Å²) in [4.78, 5) is 6.12. The molecule has 0 aliphatic heterocycles. The van der Waals surface area contributed by atoms with Crippen LogP contribution >= 0.6 is 23.2 Å². The average molecular weight is 325 g/mol. The van der Waals surface area contributed by atoms with E-state index in [0.29, 0.717) is 10.0 Å². The molecule has 4 nitrogen and oxygen atoms in total. The SMILES string of the molecule is CC/C(=N\n1ccnc1)N(c1ccc(Cl)cc1Cl)C(C)C. The van der Waals surface area contributed by atoms with E-state index in [0.717, 1.165) is 17.9 Å². The molecular weight excluding hydrogens is 307 g/mol. The van der Waals surface area contributed by atoms with Crippen molar-refractivity contribution in [2.75, 3.05) is 4.90 Å². The lowest BCUT2D eigenvalue weighted by Crippen LogP contribution is -2.37. The number of hydrogen-bond acceptors (Lipinski definition) is 2. The lowest BCUT2D eigenvalue weighted by molar-refractivity contribution is 0.774. The summed E-state index contributed by atoms with van der Waals surface area (Å²) in [6.07, 6.45) is 5.94. The van der Waals surface area contributed by atoms with Gasteiger partial charge in [0.2, 0.25) is 0 Å². The number of hydrogen-bond donors (Lipinski definition) is 0. The van der Waals surface area contributed by atoms with Gasteiger partial charge in [0.15, 0.2) is 0 Å². The molecule has 1 aromatic heterocycles. The van der Waals surface area contributed by atoms with Crippen molar-refractivity contribution in [3.05, 3.63) is 47.0 Å². The van der Waals surface area contributed by atoms with Gasteiger partial charge in [0.25, 0.3) is 0 Å². The normalized spacial score (nSPS) is 12.0. The molecule has 1 heterocycles. The Morgan fingerprint density at radius 3 is 2.67 bits per heavy atom. The molecule has 0 aliphatic rings. The third-order valence-electron chi connectivity index (χ3n) is 3.00. The van der Waals surface area contributed by atoms with E-state index in [1.165, 1.54) is 0 Å². The van der Waals surface area contributed by atoms with Gasteiger partial charge in [-0.2, -0.15) is 5.10 Å². The van der Waals surface area contributed by atoms with E-state index in [4.69, 9.17) is 23.2 Å². The zero-order valence-corrected chi connectivity index (χ0v) is 13.8. The standard InChI is InChI=1S/C15H18Cl2N4/c1-4-15(19-20-8-7-18-10-20)21(11(2)3)14-6-5-12(16)9-13(14)17/h5-11H,4H2,1-3H3/b19-15+. The van der Waals surface area contributed by atoms with Crippen LogP contribution in [0.15, 0.2) is 42.0 Å². The van der Waals surface area contributed by atoms with Gasteiger partial charge >= 0.3 is 0 Å². The lowest BCUT2D eigenvalue weighted by atomic mass is 10.2. The minimum absolute atomic E-state index is 0.214. The fourth-order valence-corrected chi connectivity index (χ4v) is 2.63. The summed E-state index contributed by atoms with van der Waals surface area (Å²) in [5.41, 5.74) is 0.900. The molecule has 0 fully saturated rings. The molecule has 21 heavy (non-hydrogen) atoms. The van der Waals surface area contributed by atoms with Crippen LogP contribution in [0, 0.1) is 0 Å². The third kappa shape index (κ3) is 3.77. The fourth-order valence-electron chi connectivity index (χ4n) is 2.13. The molecule has 1 aromatic carbocycles.